The standard InChI is InChI=1S/C22H20F3N3O8/c1-11-16(20(31)35-2)17(12-4-3-5-13(10-12)28(33)34)18(19(26-11)22(23,24)25)21(32)36-9-8-27-14(29)6-7-15(27)30/h3-5,10,17,26H,6-9H2,1-2H3. The van der Waals surface area contributed by atoms with Crippen molar-refractivity contribution in [3.63, 3.8) is 0 Å². The number of nitro groups is 1. The molecule has 0 aliphatic carbocycles. The van der Waals surface area contributed by atoms with Gasteiger partial charge in [0, 0.05) is 30.7 Å². The number of carbonyl (C=O) groups is 4. The summed E-state index contributed by atoms with van der Waals surface area (Å²) in [5.41, 5.74) is -3.88. The van der Waals surface area contributed by atoms with Crippen LogP contribution in [-0.2, 0) is 28.7 Å². The molecule has 0 aromatic heterocycles. The highest BCUT2D eigenvalue weighted by Crippen LogP contribution is 2.43. The number of dihydropyridines is 1. The molecule has 1 unspecified atom stereocenters. The molecule has 14 heteroatoms. The maximum absolute atomic E-state index is 14.0. The number of ether oxygens (including phenoxy) is 2. The highest BCUT2D eigenvalue weighted by Gasteiger charge is 2.47. The Bertz CT molecular complexity index is 1190. The van der Waals surface area contributed by atoms with Crippen molar-refractivity contribution in [2.24, 2.45) is 0 Å². The average molecular weight is 511 g/mol. The zero-order valence-electron chi connectivity index (χ0n) is 19.0. The fraction of sp³-hybridized carbons (Fsp3) is 0.364. The van der Waals surface area contributed by atoms with Crippen LogP contribution in [0, 0.1) is 10.1 Å². The second-order valence-electron chi connectivity index (χ2n) is 7.80. The number of methoxy groups -OCH3 is 1. The molecule has 0 spiro atoms. The molecule has 3 rings (SSSR count). The van der Waals surface area contributed by atoms with Gasteiger partial charge in [0.05, 0.1) is 35.6 Å². The van der Waals surface area contributed by atoms with E-state index in [-0.39, 0.29) is 36.2 Å². The number of imide groups is 1. The van der Waals surface area contributed by atoms with Crippen LogP contribution in [0.1, 0.15) is 31.2 Å². The Morgan fingerprint density at radius 3 is 2.36 bits per heavy atom. The van der Waals surface area contributed by atoms with Gasteiger partial charge in [-0.3, -0.25) is 24.6 Å². The van der Waals surface area contributed by atoms with Crippen LogP contribution >= 0.6 is 0 Å². The Hall–Kier alpha value is -4.23. The van der Waals surface area contributed by atoms with E-state index in [0.717, 1.165) is 31.1 Å². The number of non-ortho nitro benzene ring substituents is 1. The summed E-state index contributed by atoms with van der Waals surface area (Å²) in [6.07, 6.45) is -5.17. The summed E-state index contributed by atoms with van der Waals surface area (Å²) in [7, 11) is 0.984. The Morgan fingerprint density at radius 1 is 1.17 bits per heavy atom. The predicted octanol–water partition coefficient (Wildman–Crippen LogP) is 2.24. The number of nitrogens with zero attached hydrogens (tertiary/aromatic N) is 2. The van der Waals surface area contributed by atoms with Crippen molar-refractivity contribution < 1.29 is 46.7 Å². The van der Waals surface area contributed by atoms with Crippen molar-refractivity contribution in [1.82, 2.24) is 10.2 Å². The lowest BCUT2D eigenvalue weighted by atomic mass is 9.80. The first-order valence-corrected chi connectivity index (χ1v) is 10.5. The number of allylic oxidation sites excluding steroid dienone is 2. The first kappa shape index (κ1) is 26.4. The molecular weight excluding hydrogens is 491 g/mol. The van der Waals surface area contributed by atoms with Crippen LogP contribution in [0.5, 0.6) is 0 Å². The van der Waals surface area contributed by atoms with Crippen LogP contribution in [0.15, 0.2) is 46.8 Å². The lowest BCUT2D eigenvalue weighted by molar-refractivity contribution is -0.384. The molecule has 1 N–H and O–H groups in total. The Kier molecular flexibility index (Phi) is 7.45. The molecule has 2 amide bonds. The molecule has 11 nitrogen and oxygen atoms in total. The molecule has 2 heterocycles. The van der Waals surface area contributed by atoms with Crippen LogP contribution in [0.4, 0.5) is 18.9 Å². The van der Waals surface area contributed by atoms with Gasteiger partial charge in [0.25, 0.3) is 5.69 Å². The van der Waals surface area contributed by atoms with Crippen LogP contribution in [0.25, 0.3) is 0 Å². The first-order valence-electron chi connectivity index (χ1n) is 10.5. The van der Waals surface area contributed by atoms with Gasteiger partial charge < -0.3 is 14.8 Å². The number of hydrogen-bond donors (Lipinski definition) is 1. The third-order valence-electron chi connectivity index (χ3n) is 5.59. The number of carbonyl (C=O) groups excluding carboxylic acids is 4. The van der Waals surface area contributed by atoms with Gasteiger partial charge in [0.15, 0.2) is 0 Å². The summed E-state index contributed by atoms with van der Waals surface area (Å²) < 4.78 is 51.8. The fourth-order valence-corrected chi connectivity index (χ4v) is 3.98. The molecule has 2 aliphatic heterocycles. The van der Waals surface area contributed by atoms with Crippen molar-refractivity contribution in [3.05, 3.63) is 62.5 Å². The van der Waals surface area contributed by atoms with Crippen molar-refractivity contribution in [1.29, 1.82) is 0 Å². The molecule has 1 atom stereocenters. The number of hydrogen-bond acceptors (Lipinski definition) is 9. The van der Waals surface area contributed by atoms with Gasteiger partial charge >= 0.3 is 18.1 Å². The van der Waals surface area contributed by atoms with E-state index in [9.17, 15) is 42.5 Å². The number of likely N-dealkylation sites (tertiary alicyclic amines) is 1. The minimum absolute atomic E-state index is 0.0263. The third-order valence-corrected chi connectivity index (χ3v) is 5.59. The molecule has 192 valence electrons. The van der Waals surface area contributed by atoms with E-state index in [2.05, 4.69) is 0 Å². The Morgan fingerprint density at radius 2 is 1.81 bits per heavy atom. The number of benzene rings is 1. The molecule has 36 heavy (non-hydrogen) atoms. The zero-order valence-corrected chi connectivity index (χ0v) is 19.0. The molecule has 1 aromatic rings. The molecule has 2 aliphatic rings. The van der Waals surface area contributed by atoms with E-state index in [4.69, 9.17) is 9.47 Å². The predicted molar refractivity (Wildman–Crippen MR) is 114 cm³/mol. The van der Waals surface area contributed by atoms with E-state index in [1.165, 1.54) is 12.1 Å². The number of alkyl halides is 3. The van der Waals surface area contributed by atoms with Crippen molar-refractivity contribution in [2.45, 2.75) is 31.9 Å². The molecule has 0 radical (unpaired) electrons. The number of rotatable bonds is 7. The second kappa shape index (κ2) is 10.2. The van der Waals surface area contributed by atoms with Crippen LogP contribution in [0.2, 0.25) is 0 Å². The number of halogens is 3. The summed E-state index contributed by atoms with van der Waals surface area (Å²) in [5, 5.41) is 13.3. The number of amides is 2. The lowest BCUT2D eigenvalue weighted by Gasteiger charge is -2.32. The first-order chi connectivity index (χ1) is 16.9. The molecule has 1 aromatic carbocycles. The average Bonchev–Trinajstić information content (AvgIpc) is 3.14. The second-order valence-corrected chi connectivity index (χ2v) is 7.80. The van der Waals surface area contributed by atoms with E-state index < -0.39 is 64.3 Å². The fourth-order valence-electron chi connectivity index (χ4n) is 3.98. The highest BCUT2D eigenvalue weighted by atomic mass is 19.4. The van der Waals surface area contributed by atoms with Gasteiger partial charge in [-0.05, 0) is 12.5 Å². The molecule has 1 fully saturated rings. The normalized spacial score (nSPS) is 18.4. The lowest BCUT2D eigenvalue weighted by Crippen LogP contribution is -2.39. The quantitative estimate of drug-likeness (QED) is 0.252. The topological polar surface area (TPSA) is 145 Å². The van der Waals surface area contributed by atoms with Gasteiger partial charge in [-0.1, -0.05) is 12.1 Å². The van der Waals surface area contributed by atoms with Crippen LogP contribution in [0.3, 0.4) is 0 Å². The number of esters is 2. The van der Waals surface area contributed by atoms with Gasteiger partial charge in [0.1, 0.15) is 12.3 Å². The van der Waals surface area contributed by atoms with E-state index in [1.54, 1.807) is 0 Å². The van der Waals surface area contributed by atoms with Gasteiger partial charge in [-0.25, -0.2) is 9.59 Å². The monoisotopic (exact) mass is 511 g/mol. The van der Waals surface area contributed by atoms with Crippen LogP contribution in [-0.4, -0.2) is 60.0 Å². The van der Waals surface area contributed by atoms with Crippen molar-refractivity contribution in [3.8, 4) is 0 Å². The van der Waals surface area contributed by atoms with Crippen LogP contribution < -0.4 is 5.32 Å². The van der Waals surface area contributed by atoms with Gasteiger partial charge in [-0.2, -0.15) is 13.2 Å². The summed E-state index contributed by atoms with van der Waals surface area (Å²) in [4.78, 5) is 60.4. The van der Waals surface area contributed by atoms with Crippen molar-refractivity contribution >= 4 is 29.4 Å². The van der Waals surface area contributed by atoms with Gasteiger partial charge in [-0.15, -0.1) is 0 Å². The zero-order chi connectivity index (χ0) is 26.8. The number of nitrogens with one attached hydrogen (secondary N) is 1. The summed E-state index contributed by atoms with van der Waals surface area (Å²) in [6, 6.07) is 4.45. The molecule has 0 bridgehead atoms. The van der Waals surface area contributed by atoms with E-state index >= 15 is 0 Å². The summed E-state index contributed by atoms with van der Waals surface area (Å²) in [5.74, 6) is -5.33. The SMILES string of the molecule is COC(=O)C1=C(C)NC(C(F)(F)F)=C(C(=O)OCCN2C(=O)CCC2=O)C1c1cccc([N+](=O)[O-])c1. The number of nitro benzene ring substituents is 1. The van der Waals surface area contributed by atoms with Crippen molar-refractivity contribution in [2.75, 3.05) is 20.3 Å². The van der Waals surface area contributed by atoms with Gasteiger partial charge in [0.2, 0.25) is 11.8 Å². The van der Waals surface area contributed by atoms with E-state index in [1.807, 2.05) is 5.32 Å². The molecule has 0 saturated carbocycles. The third kappa shape index (κ3) is 5.21. The minimum Gasteiger partial charge on any atom is -0.466 e. The minimum atomic E-state index is -5.11. The maximum Gasteiger partial charge on any atom is 0.431 e. The maximum atomic E-state index is 14.0. The Balaban J connectivity index is 2.08. The summed E-state index contributed by atoms with van der Waals surface area (Å²) in [6.45, 7) is 0.184. The highest BCUT2D eigenvalue weighted by molar-refractivity contribution is 6.02. The largest absolute Gasteiger partial charge is 0.466 e. The summed E-state index contributed by atoms with van der Waals surface area (Å²) >= 11 is 0. The smallest absolute Gasteiger partial charge is 0.431 e. The van der Waals surface area contributed by atoms with E-state index in [0.29, 0.717) is 0 Å². The molecule has 1 saturated heterocycles. The molecular formula is C22H20F3N3O8. The Labute approximate surface area is 201 Å².